The number of hydrogen-bond acceptors (Lipinski definition) is 3. The first kappa shape index (κ1) is 13.3. The monoisotopic (exact) mass is 242 g/mol. The number of benzene rings is 1. The molecule has 0 spiro atoms. The van der Waals surface area contributed by atoms with E-state index in [1.807, 2.05) is 0 Å². The number of Topliss-reactive ketones (excluding diaryl/α,β-unsaturated/α-hetero) is 1. The summed E-state index contributed by atoms with van der Waals surface area (Å²) < 4.78 is 30.1. The van der Waals surface area contributed by atoms with E-state index in [-0.39, 0.29) is 18.4 Å². The van der Waals surface area contributed by atoms with E-state index >= 15 is 0 Å². The summed E-state index contributed by atoms with van der Waals surface area (Å²) >= 11 is 0. The molecule has 0 saturated heterocycles. The Morgan fingerprint density at radius 1 is 1.12 bits per heavy atom. The van der Waals surface area contributed by atoms with E-state index in [0.717, 1.165) is 12.1 Å². The first-order chi connectivity index (χ1) is 8.02. The summed E-state index contributed by atoms with van der Waals surface area (Å²) in [5.41, 5.74) is -0.0210. The fourth-order valence-corrected chi connectivity index (χ4v) is 1.35. The van der Waals surface area contributed by atoms with Gasteiger partial charge in [0.25, 0.3) is 0 Å². The van der Waals surface area contributed by atoms with Gasteiger partial charge in [-0.1, -0.05) is 0 Å². The van der Waals surface area contributed by atoms with Crippen LogP contribution < -0.4 is 0 Å². The van der Waals surface area contributed by atoms with Crippen LogP contribution in [0.4, 0.5) is 8.78 Å². The molecule has 0 amide bonds. The van der Waals surface area contributed by atoms with Crippen molar-refractivity contribution in [3.05, 3.63) is 35.4 Å². The van der Waals surface area contributed by atoms with Crippen LogP contribution >= 0.6 is 0 Å². The van der Waals surface area contributed by atoms with Gasteiger partial charge in [0, 0.05) is 24.5 Å². The second kappa shape index (κ2) is 6.08. The van der Waals surface area contributed by atoms with Crippen molar-refractivity contribution in [1.29, 1.82) is 0 Å². The third-order valence-corrected chi connectivity index (χ3v) is 2.20. The van der Waals surface area contributed by atoms with Crippen molar-refractivity contribution >= 4 is 11.8 Å². The molecule has 0 heterocycles. The van der Waals surface area contributed by atoms with Crippen LogP contribution in [0.15, 0.2) is 18.2 Å². The Labute approximate surface area is 97.4 Å². The first-order valence-corrected chi connectivity index (χ1v) is 5.09. The van der Waals surface area contributed by atoms with Gasteiger partial charge < -0.3 is 4.74 Å². The van der Waals surface area contributed by atoms with Crippen LogP contribution in [0.2, 0.25) is 0 Å². The first-order valence-electron chi connectivity index (χ1n) is 5.09. The Kier molecular flexibility index (Phi) is 4.75. The molecule has 92 valence electrons. The Bertz CT molecular complexity index is 410. The summed E-state index contributed by atoms with van der Waals surface area (Å²) in [6.07, 6.45) is 0.460. The average molecular weight is 242 g/mol. The van der Waals surface area contributed by atoms with Crippen LogP contribution in [0, 0.1) is 11.6 Å². The second-order valence-corrected chi connectivity index (χ2v) is 3.51. The fraction of sp³-hybridized carbons (Fsp3) is 0.333. The number of ketones is 1. The Morgan fingerprint density at radius 2 is 1.71 bits per heavy atom. The van der Waals surface area contributed by atoms with Gasteiger partial charge in [-0.05, 0) is 18.6 Å². The molecule has 3 nitrogen and oxygen atoms in total. The molecule has 1 rings (SSSR count). The average Bonchev–Trinajstić information content (AvgIpc) is 2.27. The standard InChI is InChI=1S/C12H12F2O3/c1-17-12(16)4-2-3-11(15)8-5-9(13)7-10(14)6-8/h5-7H,2-4H2,1H3. The molecular weight excluding hydrogens is 230 g/mol. The number of methoxy groups -OCH3 is 1. The minimum atomic E-state index is -0.790. The SMILES string of the molecule is COC(=O)CCCC(=O)c1cc(F)cc(F)c1. The van der Waals surface area contributed by atoms with Crippen molar-refractivity contribution in [2.45, 2.75) is 19.3 Å². The van der Waals surface area contributed by atoms with Crippen LogP contribution in [0.25, 0.3) is 0 Å². The van der Waals surface area contributed by atoms with Crippen LogP contribution in [-0.2, 0) is 9.53 Å². The third-order valence-electron chi connectivity index (χ3n) is 2.20. The number of ether oxygens (including phenoxy) is 1. The van der Waals surface area contributed by atoms with Crippen LogP contribution in [0.3, 0.4) is 0 Å². The quantitative estimate of drug-likeness (QED) is 0.588. The normalized spacial score (nSPS) is 10.1. The molecule has 1 aromatic rings. The highest BCUT2D eigenvalue weighted by Crippen LogP contribution is 2.12. The summed E-state index contributed by atoms with van der Waals surface area (Å²) in [6, 6.07) is 2.65. The van der Waals surface area contributed by atoms with E-state index in [4.69, 9.17) is 0 Å². The zero-order chi connectivity index (χ0) is 12.8. The molecule has 1 aromatic carbocycles. The van der Waals surface area contributed by atoms with Gasteiger partial charge in [-0.15, -0.1) is 0 Å². The summed E-state index contributed by atoms with van der Waals surface area (Å²) in [7, 11) is 1.26. The number of hydrogen-bond donors (Lipinski definition) is 0. The lowest BCUT2D eigenvalue weighted by molar-refractivity contribution is -0.140. The van der Waals surface area contributed by atoms with E-state index in [1.54, 1.807) is 0 Å². The number of esters is 1. The number of carbonyl (C=O) groups excluding carboxylic acids is 2. The zero-order valence-electron chi connectivity index (χ0n) is 9.33. The highest BCUT2D eigenvalue weighted by molar-refractivity contribution is 5.96. The summed E-state index contributed by atoms with van der Waals surface area (Å²) in [5.74, 6) is -2.39. The Hall–Kier alpha value is -1.78. The maximum Gasteiger partial charge on any atom is 0.305 e. The number of carbonyl (C=O) groups is 2. The van der Waals surface area contributed by atoms with Crippen LogP contribution in [0.5, 0.6) is 0 Å². The van der Waals surface area contributed by atoms with Crippen molar-refractivity contribution in [2.75, 3.05) is 7.11 Å². The van der Waals surface area contributed by atoms with E-state index < -0.39 is 23.4 Å². The van der Waals surface area contributed by atoms with E-state index in [9.17, 15) is 18.4 Å². The topological polar surface area (TPSA) is 43.4 Å². The molecule has 0 atom stereocenters. The van der Waals surface area contributed by atoms with Crippen LogP contribution in [0.1, 0.15) is 29.6 Å². The number of halogens is 2. The van der Waals surface area contributed by atoms with Crippen LogP contribution in [-0.4, -0.2) is 18.9 Å². The molecule has 0 aromatic heterocycles. The summed E-state index contributed by atoms with van der Waals surface area (Å²) in [5, 5.41) is 0. The summed E-state index contributed by atoms with van der Waals surface area (Å²) in [4.78, 5) is 22.3. The highest BCUT2D eigenvalue weighted by Gasteiger charge is 2.10. The minimum Gasteiger partial charge on any atom is -0.469 e. The fourth-order valence-electron chi connectivity index (χ4n) is 1.35. The lowest BCUT2D eigenvalue weighted by atomic mass is 10.1. The molecular formula is C12H12F2O3. The Balaban J connectivity index is 2.55. The second-order valence-electron chi connectivity index (χ2n) is 3.51. The minimum absolute atomic E-state index is 0.0210. The van der Waals surface area contributed by atoms with Gasteiger partial charge in [-0.2, -0.15) is 0 Å². The van der Waals surface area contributed by atoms with Crippen molar-refractivity contribution in [2.24, 2.45) is 0 Å². The summed E-state index contributed by atoms with van der Waals surface area (Å²) in [6.45, 7) is 0. The molecule has 0 fully saturated rings. The molecule has 0 aliphatic heterocycles. The molecule has 0 aliphatic carbocycles. The third kappa shape index (κ3) is 4.30. The van der Waals surface area contributed by atoms with Gasteiger partial charge in [-0.25, -0.2) is 8.78 Å². The van der Waals surface area contributed by atoms with Crippen molar-refractivity contribution < 1.29 is 23.1 Å². The molecule has 5 heteroatoms. The number of rotatable bonds is 5. The lowest BCUT2D eigenvalue weighted by Gasteiger charge is -2.01. The predicted molar refractivity (Wildman–Crippen MR) is 56.6 cm³/mol. The van der Waals surface area contributed by atoms with E-state index in [1.165, 1.54) is 7.11 Å². The van der Waals surface area contributed by atoms with E-state index in [0.29, 0.717) is 12.5 Å². The molecule has 0 radical (unpaired) electrons. The molecule has 0 unspecified atom stereocenters. The highest BCUT2D eigenvalue weighted by atomic mass is 19.1. The zero-order valence-corrected chi connectivity index (χ0v) is 9.33. The van der Waals surface area contributed by atoms with Gasteiger partial charge >= 0.3 is 5.97 Å². The molecule has 17 heavy (non-hydrogen) atoms. The molecule has 0 aliphatic rings. The lowest BCUT2D eigenvalue weighted by Crippen LogP contribution is -2.04. The predicted octanol–water partition coefficient (Wildman–Crippen LogP) is 2.49. The smallest absolute Gasteiger partial charge is 0.305 e. The van der Waals surface area contributed by atoms with Gasteiger partial charge in [-0.3, -0.25) is 9.59 Å². The van der Waals surface area contributed by atoms with Gasteiger partial charge in [0.15, 0.2) is 5.78 Å². The molecule has 0 saturated carbocycles. The maximum absolute atomic E-state index is 12.8. The Morgan fingerprint density at radius 3 is 2.24 bits per heavy atom. The molecule has 0 bridgehead atoms. The van der Waals surface area contributed by atoms with E-state index in [2.05, 4.69) is 4.74 Å². The maximum atomic E-state index is 12.8. The van der Waals surface area contributed by atoms with Crippen molar-refractivity contribution in [1.82, 2.24) is 0 Å². The molecule has 0 N–H and O–H groups in total. The van der Waals surface area contributed by atoms with Crippen molar-refractivity contribution in [3.63, 3.8) is 0 Å². The van der Waals surface area contributed by atoms with Gasteiger partial charge in [0.2, 0.25) is 0 Å². The van der Waals surface area contributed by atoms with Crippen molar-refractivity contribution in [3.8, 4) is 0 Å². The largest absolute Gasteiger partial charge is 0.469 e. The van der Waals surface area contributed by atoms with Gasteiger partial charge in [0.05, 0.1) is 7.11 Å². The van der Waals surface area contributed by atoms with Gasteiger partial charge in [0.1, 0.15) is 11.6 Å².